The van der Waals surface area contributed by atoms with Crippen LogP contribution in [0.25, 0.3) is 0 Å². The van der Waals surface area contributed by atoms with Gasteiger partial charge in [0.05, 0.1) is 19.9 Å². The van der Waals surface area contributed by atoms with Crippen LogP contribution >= 0.6 is 0 Å². The van der Waals surface area contributed by atoms with Gasteiger partial charge in [-0.1, -0.05) is 24.3 Å². The van der Waals surface area contributed by atoms with Crippen molar-refractivity contribution in [1.82, 2.24) is 0 Å². The number of aliphatic hydroxyl groups is 2. The topological polar surface area (TPSA) is 108 Å². The van der Waals surface area contributed by atoms with E-state index >= 15 is 0 Å². The Morgan fingerprint density at radius 1 is 0.963 bits per heavy atom. The lowest BCUT2D eigenvalue weighted by Crippen LogP contribution is -2.18. The van der Waals surface area contributed by atoms with Crippen LogP contribution in [0.5, 0.6) is 0 Å². The molecular formula is C19H26N2O6. The van der Waals surface area contributed by atoms with E-state index in [1.165, 1.54) is 14.2 Å². The molecule has 2 amide bonds. The number of rotatable bonds is 6. The number of hydrogen-bond acceptors (Lipinski definition) is 6. The van der Waals surface area contributed by atoms with E-state index in [4.69, 9.17) is 15.1 Å². The summed E-state index contributed by atoms with van der Waals surface area (Å²) >= 11 is 0. The van der Waals surface area contributed by atoms with Crippen molar-refractivity contribution in [3.05, 3.63) is 59.7 Å². The highest BCUT2D eigenvalue weighted by molar-refractivity contribution is 5.84. The first kappa shape index (κ1) is 24.1. The molecule has 0 heterocycles. The quantitative estimate of drug-likeness (QED) is 0.525. The Hall–Kier alpha value is -2.94. The summed E-state index contributed by atoms with van der Waals surface area (Å²) in [4.78, 5) is 26.8. The van der Waals surface area contributed by atoms with E-state index in [9.17, 15) is 9.59 Å². The molecule has 8 nitrogen and oxygen atoms in total. The summed E-state index contributed by atoms with van der Waals surface area (Å²) in [5, 5.41) is 17.8. The van der Waals surface area contributed by atoms with Crippen LogP contribution in [0.1, 0.15) is 11.1 Å². The average Bonchev–Trinajstić information content (AvgIpc) is 2.74. The number of benzene rings is 2. The minimum absolute atomic E-state index is 0.494. The van der Waals surface area contributed by atoms with Gasteiger partial charge in [0.25, 0.3) is 0 Å². The molecule has 0 unspecified atom stereocenters. The molecule has 0 aromatic heterocycles. The molecule has 27 heavy (non-hydrogen) atoms. The van der Waals surface area contributed by atoms with Crippen LogP contribution in [0.2, 0.25) is 0 Å². The van der Waals surface area contributed by atoms with Crippen LogP contribution in [0.15, 0.2) is 48.5 Å². The molecule has 0 aliphatic heterocycles. The number of ether oxygens (including phenoxy) is 1. The summed E-state index contributed by atoms with van der Waals surface area (Å²) in [6.07, 6.45) is 0.862. The first-order valence-corrected chi connectivity index (χ1v) is 7.87. The Bertz CT molecular complexity index is 659. The molecule has 3 N–H and O–H groups in total. The van der Waals surface area contributed by atoms with E-state index in [2.05, 4.69) is 10.1 Å². The Morgan fingerprint density at radius 3 is 1.85 bits per heavy atom. The minimum Gasteiger partial charge on any atom is -0.453 e. The van der Waals surface area contributed by atoms with Crippen LogP contribution in [0, 0.1) is 0 Å². The molecule has 148 valence electrons. The van der Waals surface area contributed by atoms with Crippen molar-refractivity contribution in [2.24, 2.45) is 0 Å². The lowest BCUT2D eigenvalue weighted by molar-refractivity contribution is -0.112. The number of carbonyl (C=O) groups is 2. The summed E-state index contributed by atoms with van der Waals surface area (Å²) < 4.78 is 4.54. The molecule has 2 rings (SSSR count). The standard InChI is InChI=1S/C17H18N2O4.2CH4O/c1-22-17(21)18-15-7-3-13(4-8-15)11-14-5-9-16(10-6-14)19(12-20)23-2;2*1-2/h3-10,12H,11H2,1-2H3,(H,18,21);2*2H,1H3. The van der Waals surface area contributed by atoms with Gasteiger partial charge in [0.2, 0.25) is 6.41 Å². The molecule has 0 radical (unpaired) electrons. The third-order valence-corrected chi connectivity index (χ3v) is 3.28. The highest BCUT2D eigenvalue weighted by Crippen LogP contribution is 2.18. The summed E-state index contributed by atoms with van der Waals surface area (Å²) in [5.41, 5.74) is 3.55. The van der Waals surface area contributed by atoms with Gasteiger partial charge in [0.1, 0.15) is 0 Å². The van der Waals surface area contributed by atoms with Crippen LogP contribution in [-0.2, 0) is 20.8 Å². The number of hydroxylamine groups is 1. The molecule has 0 saturated heterocycles. The first-order chi connectivity index (χ1) is 13.2. The number of aliphatic hydroxyl groups excluding tert-OH is 2. The van der Waals surface area contributed by atoms with Gasteiger partial charge in [-0.15, -0.1) is 0 Å². The van der Waals surface area contributed by atoms with Crippen molar-refractivity contribution in [1.29, 1.82) is 0 Å². The largest absolute Gasteiger partial charge is 0.453 e. The second-order valence-corrected chi connectivity index (χ2v) is 4.77. The van der Waals surface area contributed by atoms with Gasteiger partial charge in [-0.3, -0.25) is 14.9 Å². The van der Waals surface area contributed by atoms with Gasteiger partial charge in [-0.2, -0.15) is 5.06 Å². The number of methoxy groups -OCH3 is 1. The molecule has 0 fully saturated rings. The number of carbonyl (C=O) groups excluding carboxylic acids is 2. The normalized spacial score (nSPS) is 8.96. The molecule has 0 aliphatic carbocycles. The summed E-state index contributed by atoms with van der Waals surface area (Å²) in [6.45, 7) is 0. The fraction of sp³-hybridized carbons (Fsp3) is 0.263. The highest BCUT2D eigenvalue weighted by Gasteiger charge is 2.04. The van der Waals surface area contributed by atoms with Crippen LogP contribution in [0.4, 0.5) is 16.2 Å². The molecular weight excluding hydrogens is 352 g/mol. The second-order valence-electron chi connectivity index (χ2n) is 4.77. The zero-order valence-corrected chi connectivity index (χ0v) is 15.9. The molecule has 0 spiro atoms. The van der Waals surface area contributed by atoms with Crippen LogP contribution in [-0.4, -0.2) is 51.2 Å². The van der Waals surface area contributed by atoms with Gasteiger partial charge < -0.3 is 14.9 Å². The van der Waals surface area contributed by atoms with Gasteiger partial charge in [0, 0.05) is 19.9 Å². The van der Waals surface area contributed by atoms with Gasteiger partial charge in [-0.05, 0) is 41.8 Å². The summed E-state index contributed by atoms with van der Waals surface area (Å²) in [5.74, 6) is 0. The lowest BCUT2D eigenvalue weighted by atomic mass is 10.0. The average molecular weight is 378 g/mol. The number of anilines is 2. The molecule has 2 aromatic rings. The molecule has 0 bridgehead atoms. The van der Waals surface area contributed by atoms with Crippen LogP contribution < -0.4 is 10.4 Å². The SMILES string of the molecule is CO.CO.COC(=O)Nc1ccc(Cc2ccc(N(C=O)OC)cc2)cc1. The second kappa shape index (κ2) is 14.3. The third-order valence-electron chi connectivity index (χ3n) is 3.28. The van der Waals surface area contributed by atoms with Crippen molar-refractivity contribution in [2.75, 3.05) is 38.8 Å². The van der Waals surface area contributed by atoms with E-state index in [0.717, 1.165) is 36.8 Å². The molecule has 8 heteroatoms. The molecule has 0 saturated carbocycles. The van der Waals surface area contributed by atoms with Gasteiger partial charge >= 0.3 is 6.09 Å². The van der Waals surface area contributed by atoms with Gasteiger partial charge in [0.15, 0.2) is 0 Å². The summed E-state index contributed by atoms with van der Waals surface area (Å²) in [7, 11) is 4.76. The lowest BCUT2D eigenvalue weighted by Gasteiger charge is -2.14. The van der Waals surface area contributed by atoms with E-state index in [1.54, 1.807) is 0 Å². The number of hydrogen-bond donors (Lipinski definition) is 3. The zero-order chi connectivity index (χ0) is 20.7. The Morgan fingerprint density at radius 2 is 1.44 bits per heavy atom. The van der Waals surface area contributed by atoms with Crippen molar-refractivity contribution in [3.63, 3.8) is 0 Å². The fourth-order valence-corrected chi connectivity index (χ4v) is 2.08. The van der Waals surface area contributed by atoms with Crippen LogP contribution in [0.3, 0.4) is 0 Å². The van der Waals surface area contributed by atoms with Crippen molar-refractivity contribution < 1.29 is 29.4 Å². The Balaban J connectivity index is 0.00000158. The van der Waals surface area contributed by atoms with Crippen molar-refractivity contribution >= 4 is 23.9 Å². The predicted octanol–water partition coefficient (Wildman–Crippen LogP) is 2.20. The third kappa shape index (κ3) is 8.32. The van der Waals surface area contributed by atoms with E-state index in [-0.39, 0.29) is 0 Å². The predicted molar refractivity (Wildman–Crippen MR) is 104 cm³/mol. The Kier molecular flexibility index (Phi) is 12.7. The Labute approximate surface area is 158 Å². The first-order valence-electron chi connectivity index (χ1n) is 7.87. The van der Waals surface area contributed by atoms with Crippen molar-refractivity contribution in [3.8, 4) is 0 Å². The molecule has 2 aromatic carbocycles. The maximum absolute atomic E-state index is 11.1. The molecule has 0 aliphatic rings. The van der Waals surface area contributed by atoms with Crippen molar-refractivity contribution in [2.45, 2.75) is 6.42 Å². The number of amides is 2. The van der Waals surface area contributed by atoms with E-state index in [1.807, 2.05) is 48.5 Å². The monoisotopic (exact) mass is 378 g/mol. The smallest absolute Gasteiger partial charge is 0.411 e. The number of nitrogens with zero attached hydrogens (tertiary/aromatic N) is 1. The van der Waals surface area contributed by atoms with E-state index < -0.39 is 6.09 Å². The molecule has 0 atom stereocenters. The zero-order valence-electron chi connectivity index (χ0n) is 15.9. The summed E-state index contributed by atoms with van der Waals surface area (Å²) in [6, 6.07) is 15.0. The minimum atomic E-state index is -0.494. The van der Waals surface area contributed by atoms with Gasteiger partial charge in [-0.25, -0.2) is 4.79 Å². The fourth-order valence-electron chi connectivity index (χ4n) is 2.08. The highest BCUT2D eigenvalue weighted by atomic mass is 16.7. The maximum Gasteiger partial charge on any atom is 0.411 e. The van der Waals surface area contributed by atoms with E-state index in [0.29, 0.717) is 17.8 Å². The maximum atomic E-state index is 11.1. The number of nitrogens with one attached hydrogen (secondary N) is 1.